The summed E-state index contributed by atoms with van der Waals surface area (Å²) < 4.78 is 25.8. The van der Waals surface area contributed by atoms with E-state index in [1.165, 1.54) is 0 Å². The number of halogens is 1. The van der Waals surface area contributed by atoms with Crippen molar-refractivity contribution in [3.8, 4) is 0 Å². The van der Waals surface area contributed by atoms with Gasteiger partial charge in [0.05, 0.1) is 17.9 Å². The van der Waals surface area contributed by atoms with Crippen molar-refractivity contribution >= 4 is 6.09 Å². The lowest BCUT2D eigenvalue weighted by molar-refractivity contribution is 0.0273. The first-order chi connectivity index (χ1) is 11.8. The van der Waals surface area contributed by atoms with Crippen LogP contribution in [0.25, 0.3) is 0 Å². The first-order valence-electron chi connectivity index (χ1n) is 8.71. The Labute approximate surface area is 147 Å². The Morgan fingerprint density at radius 2 is 2.20 bits per heavy atom. The van der Waals surface area contributed by atoms with Gasteiger partial charge in [-0.1, -0.05) is 6.08 Å². The van der Waals surface area contributed by atoms with E-state index in [0.29, 0.717) is 43.9 Å². The van der Waals surface area contributed by atoms with E-state index in [4.69, 9.17) is 15.2 Å². The molecule has 1 atom stereocenters. The Bertz CT molecular complexity index is 661. The van der Waals surface area contributed by atoms with Crippen LogP contribution in [0.1, 0.15) is 40.0 Å². The quantitative estimate of drug-likeness (QED) is 0.760. The molecule has 0 radical (unpaired) electrons. The summed E-state index contributed by atoms with van der Waals surface area (Å²) in [5, 5.41) is 2.95. The molecule has 0 saturated heterocycles. The lowest BCUT2D eigenvalue weighted by atomic mass is 9.95. The van der Waals surface area contributed by atoms with Crippen LogP contribution in [0.4, 0.5) is 9.18 Å². The fourth-order valence-corrected chi connectivity index (χ4v) is 3.22. The molecule has 6 nitrogen and oxygen atoms in total. The van der Waals surface area contributed by atoms with Gasteiger partial charge >= 0.3 is 6.09 Å². The van der Waals surface area contributed by atoms with Crippen molar-refractivity contribution in [2.24, 2.45) is 5.73 Å². The molecular weight excluding hydrogens is 325 g/mol. The Kier molecular flexibility index (Phi) is 4.77. The van der Waals surface area contributed by atoms with Crippen molar-refractivity contribution in [3.05, 3.63) is 34.5 Å². The predicted molar refractivity (Wildman–Crippen MR) is 92.0 cm³/mol. The number of hydrogen-bond acceptors (Lipinski definition) is 5. The second kappa shape index (κ2) is 6.71. The molecule has 1 amide bonds. The monoisotopic (exact) mass is 351 g/mol. The molecule has 0 aliphatic carbocycles. The lowest BCUT2D eigenvalue weighted by Crippen LogP contribution is -2.40. The van der Waals surface area contributed by atoms with Crippen LogP contribution in [0.15, 0.2) is 34.5 Å². The van der Waals surface area contributed by atoms with Crippen LogP contribution < -0.4 is 11.1 Å². The summed E-state index contributed by atoms with van der Waals surface area (Å²) >= 11 is 0. The molecule has 138 valence electrons. The average Bonchev–Trinajstić information content (AvgIpc) is 2.82. The molecule has 3 N–H and O–H groups in total. The van der Waals surface area contributed by atoms with Crippen molar-refractivity contribution in [2.45, 2.75) is 51.8 Å². The molecule has 0 saturated carbocycles. The summed E-state index contributed by atoms with van der Waals surface area (Å²) in [6, 6.07) is 0. The molecule has 25 heavy (non-hydrogen) atoms. The Hall–Kier alpha value is -2.02. The van der Waals surface area contributed by atoms with Gasteiger partial charge < -0.3 is 25.4 Å². The highest BCUT2D eigenvalue weighted by atomic mass is 19.1. The summed E-state index contributed by atoms with van der Waals surface area (Å²) in [4.78, 5) is 13.9. The largest absolute Gasteiger partial charge is 0.491 e. The Balaban J connectivity index is 1.81. The molecule has 0 aromatic rings. The molecule has 0 bridgehead atoms. The maximum absolute atomic E-state index is 14.7. The number of ether oxygens (including phenoxy) is 2. The van der Waals surface area contributed by atoms with Crippen molar-refractivity contribution in [1.82, 2.24) is 10.2 Å². The zero-order valence-electron chi connectivity index (χ0n) is 15.0. The van der Waals surface area contributed by atoms with E-state index < -0.39 is 17.6 Å². The molecule has 3 heterocycles. The highest BCUT2D eigenvalue weighted by molar-refractivity contribution is 5.68. The van der Waals surface area contributed by atoms with Gasteiger partial charge in [-0.05, 0) is 39.2 Å². The number of carbonyl (C=O) groups is 1. The number of rotatable bonds is 1. The highest BCUT2D eigenvalue weighted by Gasteiger charge is 2.34. The first kappa shape index (κ1) is 17.8. The number of carbonyl (C=O) groups excluding carboxylic acids is 1. The summed E-state index contributed by atoms with van der Waals surface area (Å²) in [6.45, 7) is 7.00. The van der Waals surface area contributed by atoms with Gasteiger partial charge in [0.15, 0.2) is 0 Å². The van der Waals surface area contributed by atoms with E-state index in [2.05, 4.69) is 5.32 Å². The molecule has 0 spiro atoms. The lowest BCUT2D eigenvalue weighted by Gasteiger charge is -2.26. The smallest absolute Gasteiger partial charge is 0.410 e. The SMILES string of the molecule is CC(C)(C)OC(=O)N1CC=C(C2=C(F)C(N)NC3=C2OCC3)CCC1. The number of nitrogens with one attached hydrogen (secondary N) is 1. The third-order valence-electron chi connectivity index (χ3n) is 4.35. The van der Waals surface area contributed by atoms with Gasteiger partial charge in [0.2, 0.25) is 0 Å². The molecule has 3 aliphatic rings. The Morgan fingerprint density at radius 1 is 1.44 bits per heavy atom. The number of nitrogens with zero attached hydrogens (tertiary/aromatic N) is 1. The topological polar surface area (TPSA) is 76.8 Å². The highest BCUT2D eigenvalue weighted by Crippen LogP contribution is 2.37. The van der Waals surface area contributed by atoms with Crippen LogP contribution in [-0.2, 0) is 9.47 Å². The average molecular weight is 351 g/mol. The maximum atomic E-state index is 14.7. The second-order valence-electron chi connectivity index (χ2n) is 7.51. The number of allylic oxidation sites excluding steroid dienone is 1. The standard InChI is InChI=1S/C18H26FN3O3/c1-18(2,3)25-17(23)22-8-4-5-11(6-9-22)13-14(19)16(20)21-12-7-10-24-15(12)13/h6,16,21H,4-5,7-10,20H2,1-3H3. The summed E-state index contributed by atoms with van der Waals surface area (Å²) in [7, 11) is 0. The van der Waals surface area contributed by atoms with E-state index in [-0.39, 0.29) is 6.09 Å². The van der Waals surface area contributed by atoms with E-state index >= 15 is 0 Å². The van der Waals surface area contributed by atoms with Gasteiger partial charge in [-0.15, -0.1) is 0 Å². The maximum Gasteiger partial charge on any atom is 0.410 e. The summed E-state index contributed by atoms with van der Waals surface area (Å²) in [5.41, 5.74) is 7.50. The molecule has 3 aliphatic heterocycles. The van der Waals surface area contributed by atoms with Crippen LogP contribution in [-0.4, -0.2) is 42.5 Å². The minimum absolute atomic E-state index is 0.349. The van der Waals surface area contributed by atoms with Crippen LogP contribution in [0.2, 0.25) is 0 Å². The van der Waals surface area contributed by atoms with Gasteiger partial charge in [0.25, 0.3) is 0 Å². The van der Waals surface area contributed by atoms with Crippen LogP contribution in [0.3, 0.4) is 0 Å². The van der Waals surface area contributed by atoms with Gasteiger partial charge in [0.1, 0.15) is 23.4 Å². The van der Waals surface area contributed by atoms with Crippen LogP contribution >= 0.6 is 0 Å². The van der Waals surface area contributed by atoms with Gasteiger partial charge in [0, 0.05) is 19.5 Å². The fraction of sp³-hybridized carbons (Fsp3) is 0.611. The molecule has 7 heteroatoms. The minimum atomic E-state index is -0.846. The number of nitrogens with two attached hydrogens (primary N) is 1. The van der Waals surface area contributed by atoms with Crippen molar-refractivity contribution < 1.29 is 18.7 Å². The van der Waals surface area contributed by atoms with E-state index in [1.807, 2.05) is 26.8 Å². The third kappa shape index (κ3) is 3.81. The third-order valence-corrected chi connectivity index (χ3v) is 4.35. The van der Waals surface area contributed by atoms with Crippen molar-refractivity contribution in [3.63, 3.8) is 0 Å². The second-order valence-corrected chi connectivity index (χ2v) is 7.51. The predicted octanol–water partition coefficient (Wildman–Crippen LogP) is 2.69. The van der Waals surface area contributed by atoms with E-state index in [0.717, 1.165) is 17.7 Å². The number of hydrogen-bond donors (Lipinski definition) is 2. The summed E-state index contributed by atoms with van der Waals surface area (Å²) in [5.74, 6) is 0.161. The Morgan fingerprint density at radius 3 is 2.92 bits per heavy atom. The fourth-order valence-electron chi connectivity index (χ4n) is 3.22. The molecule has 0 aromatic carbocycles. The van der Waals surface area contributed by atoms with Gasteiger partial charge in [-0.25, -0.2) is 9.18 Å². The van der Waals surface area contributed by atoms with Crippen LogP contribution in [0, 0.1) is 0 Å². The minimum Gasteiger partial charge on any atom is -0.491 e. The first-order valence-corrected chi connectivity index (χ1v) is 8.71. The molecule has 1 unspecified atom stereocenters. The van der Waals surface area contributed by atoms with E-state index in [1.54, 1.807) is 4.90 Å². The van der Waals surface area contributed by atoms with Gasteiger partial charge in [-0.3, -0.25) is 0 Å². The number of dihydropyridines is 1. The molecule has 3 rings (SSSR count). The molecule has 0 aromatic heterocycles. The zero-order chi connectivity index (χ0) is 18.2. The normalized spacial score (nSPS) is 24.3. The van der Waals surface area contributed by atoms with Crippen LogP contribution in [0.5, 0.6) is 0 Å². The van der Waals surface area contributed by atoms with E-state index in [9.17, 15) is 9.18 Å². The zero-order valence-corrected chi connectivity index (χ0v) is 15.0. The molecule has 0 fully saturated rings. The number of amides is 1. The van der Waals surface area contributed by atoms with Gasteiger partial charge in [-0.2, -0.15) is 0 Å². The van der Waals surface area contributed by atoms with Crippen molar-refractivity contribution in [1.29, 1.82) is 0 Å². The molecular formula is C18H26FN3O3. The van der Waals surface area contributed by atoms with Crippen molar-refractivity contribution in [2.75, 3.05) is 19.7 Å². The summed E-state index contributed by atoms with van der Waals surface area (Å²) in [6.07, 6.45) is 2.79.